The van der Waals surface area contributed by atoms with Gasteiger partial charge >= 0.3 is 5.97 Å². The number of methoxy groups -OCH3 is 1. The van der Waals surface area contributed by atoms with E-state index in [0.29, 0.717) is 6.54 Å². The average molecular weight is 252 g/mol. The number of carbonyl (C=O) groups is 1. The highest BCUT2D eigenvalue weighted by atomic mass is 32.2. The van der Waals surface area contributed by atoms with Crippen LogP contribution >= 0.6 is 0 Å². The zero-order valence-corrected chi connectivity index (χ0v) is 11.1. The van der Waals surface area contributed by atoms with Crippen LogP contribution in [0.1, 0.15) is 19.8 Å². The molecule has 0 bridgehead atoms. The molecule has 0 saturated heterocycles. The van der Waals surface area contributed by atoms with Gasteiger partial charge < -0.3 is 4.74 Å². The molecule has 0 rings (SSSR count). The fourth-order valence-corrected chi connectivity index (χ4v) is 2.35. The maximum atomic E-state index is 11.8. The van der Waals surface area contributed by atoms with Gasteiger partial charge in [0, 0.05) is 27.2 Å². The summed E-state index contributed by atoms with van der Waals surface area (Å²) in [5.74, 6) is -0.416. The van der Waals surface area contributed by atoms with Gasteiger partial charge in [0.2, 0.25) is 0 Å². The second kappa shape index (κ2) is 6.82. The minimum absolute atomic E-state index is 0.0617. The van der Waals surface area contributed by atoms with Gasteiger partial charge in [0.05, 0.1) is 13.5 Å². The van der Waals surface area contributed by atoms with Crippen molar-refractivity contribution in [2.24, 2.45) is 0 Å². The van der Waals surface area contributed by atoms with E-state index in [9.17, 15) is 13.2 Å². The molecule has 0 heterocycles. The lowest BCUT2D eigenvalue weighted by atomic mass is 10.4. The third kappa shape index (κ3) is 4.46. The molecule has 0 aromatic rings. The highest BCUT2D eigenvalue weighted by molar-refractivity contribution is 7.86. The van der Waals surface area contributed by atoms with E-state index < -0.39 is 16.2 Å². The molecule has 0 saturated carbocycles. The van der Waals surface area contributed by atoms with Crippen molar-refractivity contribution in [3.05, 3.63) is 0 Å². The van der Waals surface area contributed by atoms with Gasteiger partial charge in [-0.1, -0.05) is 6.92 Å². The molecule has 96 valence electrons. The van der Waals surface area contributed by atoms with E-state index >= 15 is 0 Å². The molecule has 0 spiro atoms. The van der Waals surface area contributed by atoms with E-state index in [2.05, 4.69) is 4.74 Å². The highest BCUT2D eigenvalue weighted by Crippen LogP contribution is 2.05. The van der Waals surface area contributed by atoms with E-state index in [-0.39, 0.29) is 13.0 Å². The minimum atomic E-state index is -3.45. The van der Waals surface area contributed by atoms with Crippen LogP contribution in [0.25, 0.3) is 0 Å². The molecule has 0 aliphatic heterocycles. The van der Waals surface area contributed by atoms with Gasteiger partial charge in [0.25, 0.3) is 10.2 Å². The van der Waals surface area contributed by atoms with Gasteiger partial charge in [-0.2, -0.15) is 17.0 Å². The fraction of sp³-hybridized carbons (Fsp3) is 0.889. The molecule has 0 radical (unpaired) electrons. The second-order valence-electron chi connectivity index (χ2n) is 3.48. The Labute approximate surface area is 97.3 Å². The first-order chi connectivity index (χ1) is 7.36. The Bertz CT molecular complexity index is 315. The van der Waals surface area contributed by atoms with Gasteiger partial charge in [-0.05, 0) is 6.42 Å². The molecule has 0 fully saturated rings. The smallest absolute Gasteiger partial charge is 0.306 e. The fourth-order valence-electron chi connectivity index (χ4n) is 1.13. The molecule has 6 nitrogen and oxygen atoms in total. The molecule has 0 aliphatic rings. The quantitative estimate of drug-likeness (QED) is 0.601. The molecule has 7 heteroatoms. The standard InChI is InChI=1S/C9H20N2O4S/c1-5-7-10(2)16(13,14)11(3)8-6-9(12)15-4/h5-8H2,1-4H3. The molecule has 0 atom stereocenters. The van der Waals surface area contributed by atoms with E-state index in [1.807, 2.05) is 6.92 Å². The number of hydrogen-bond acceptors (Lipinski definition) is 4. The van der Waals surface area contributed by atoms with Crippen LogP contribution in [0.15, 0.2) is 0 Å². The first-order valence-electron chi connectivity index (χ1n) is 5.10. The molecular formula is C9H20N2O4S. The summed E-state index contributed by atoms with van der Waals surface area (Å²) in [5, 5.41) is 0. The summed E-state index contributed by atoms with van der Waals surface area (Å²) >= 11 is 0. The topological polar surface area (TPSA) is 66.9 Å². The van der Waals surface area contributed by atoms with Crippen molar-refractivity contribution in [1.29, 1.82) is 0 Å². The number of rotatable bonds is 7. The molecule has 0 N–H and O–H groups in total. The van der Waals surface area contributed by atoms with Gasteiger partial charge in [0.15, 0.2) is 0 Å². The monoisotopic (exact) mass is 252 g/mol. The van der Waals surface area contributed by atoms with Gasteiger partial charge in [-0.25, -0.2) is 0 Å². The van der Waals surface area contributed by atoms with Crippen molar-refractivity contribution in [3.63, 3.8) is 0 Å². The van der Waals surface area contributed by atoms with E-state index in [4.69, 9.17) is 0 Å². The lowest BCUT2D eigenvalue weighted by molar-refractivity contribution is -0.140. The SMILES string of the molecule is CCCN(C)S(=O)(=O)N(C)CCC(=O)OC. The van der Waals surface area contributed by atoms with E-state index in [0.717, 1.165) is 10.7 Å². The van der Waals surface area contributed by atoms with Crippen LogP contribution in [-0.4, -0.2) is 57.3 Å². The zero-order valence-electron chi connectivity index (χ0n) is 10.3. The van der Waals surface area contributed by atoms with Crippen molar-refractivity contribution in [1.82, 2.24) is 8.61 Å². The number of hydrogen-bond donors (Lipinski definition) is 0. The summed E-state index contributed by atoms with van der Waals surface area (Å²) < 4.78 is 30.5. The van der Waals surface area contributed by atoms with Gasteiger partial charge in [0.1, 0.15) is 0 Å². The Hall–Kier alpha value is -0.660. The maximum Gasteiger partial charge on any atom is 0.306 e. The third-order valence-corrected chi connectivity index (χ3v) is 4.13. The first-order valence-corrected chi connectivity index (χ1v) is 6.50. The predicted molar refractivity (Wildman–Crippen MR) is 61.1 cm³/mol. The number of nitrogens with zero attached hydrogens (tertiary/aromatic N) is 2. The molecule has 16 heavy (non-hydrogen) atoms. The van der Waals surface area contributed by atoms with Crippen LogP contribution in [-0.2, 0) is 19.7 Å². The summed E-state index contributed by atoms with van der Waals surface area (Å²) in [6.07, 6.45) is 0.812. The summed E-state index contributed by atoms with van der Waals surface area (Å²) in [4.78, 5) is 10.9. The largest absolute Gasteiger partial charge is 0.469 e. The van der Waals surface area contributed by atoms with Crippen molar-refractivity contribution in [3.8, 4) is 0 Å². The Kier molecular flexibility index (Phi) is 6.54. The van der Waals surface area contributed by atoms with Crippen molar-refractivity contribution < 1.29 is 17.9 Å². The average Bonchev–Trinajstić information content (AvgIpc) is 2.25. The summed E-state index contributed by atoms with van der Waals surface area (Å²) in [7, 11) is 0.802. The van der Waals surface area contributed by atoms with Crippen LogP contribution in [0.5, 0.6) is 0 Å². The number of ether oxygens (including phenoxy) is 1. The highest BCUT2D eigenvalue weighted by Gasteiger charge is 2.23. The predicted octanol–water partition coefficient (Wildman–Crippen LogP) is 0.0679. The molecule has 0 aliphatic carbocycles. The zero-order chi connectivity index (χ0) is 12.8. The van der Waals surface area contributed by atoms with Crippen molar-refractivity contribution >= 4 is 16.2 Å². The van der Waals surface area contributed by atoms with E-state index in [1.165, 1.54) is 25.5 Å². The Morgan fingerprint density at radius 3 is 2.12 bits per heavy atom. The second-order valence-corrected chi connectivity index (χ2v) is 5.62. The molecule has 0 aromatic carbocycles. The normalized spacial score (nSPS) is 12.1. The van der Waals surface area contributed by atoms with Crippen LogP contribution in [0.3, 0.4) is 0 Å². The number of esters is 1. The van der Waals surface area contributed by atoms with Crippen molar-refractivity contribution in [2.75, 3.05) is 34.3 Å². The molecule has 0 aromatic heterocycles. The first kappa shape index (κ1) is 15.3. The third-order valence-electron chi connectivity index (χ3n) is 2.18. The Morgan fingerprint density at radius 1 is 1.19 bits per heavy atom. The summed E-state index contributed by atoms with van der Waals surface area (Å²) in [5.41, 5.74) is 0. The molecule has 0 unspecified atom stereocenters. The van der Waals surface area contributed by atoms with Gasteiger partial charge in [-0.3, -0.25) is 4.79 Å². The summed E-state index contributed by atoms with van der Waals surface area (Å²) in [6.45, 7) is 2.49. The van der Waals surface area contributed by atoms with Crippen LogP contribution in [0, 0.1) is 0 Å². The molecular weight excluding hydrogens is 232 g/mol. The van der Waals surface area contributed by atoms with Crippen LogP contribution in [0.2, 0.25) is 0 Å². The van der Waals surface area contributed by atoms with E-state index in [1.54, 1.807) is 0 Å². The molecule has 0 amide bonds. The van der Waals surface area contributed by atoms with Crippen LogP contribution < -0.4 is 0 Å². The maximum absolute atomic E-state index is 11.8. The lowest BCUT2D eigenvalue weighted by Crippen LogP contribution is -2.40. The Balaban J connectivity index is 4.35. The Morgan fingerprint density at radius 2 is 1.69 bits per heavy atom. The van der Waals surface area contributed by atoms with Gasteiger partial charge in [-0.15, -0.1) is 0 Å². The minimum Gasteiger partial charge on any atom is -0.469 e. The number of carbonyl (C=O) groups excluding carboxylic acids is 1. The lowest BCUT2D eigenvalue weighted by Gasteiger charge is -2.23. The van der Waals surface area contributed by atoms with Crippen molar-refractivity contribution in [2.45, 2.75) is 19.8 Å². The summed E-state index contributed by atoms with van der Waals surface area (Å²) in [6, 6.07) is 0. The van der Waals surface area contributed by atoms with Crippen LogP contribution in [0.4, 0.5) is 0 Å².